The fourth-order valence-corrected chi connectivity index (χ4v) is 1.34. The summed E-state index contributed by atoms with van der Waals surface area (Å²) < 4.78 is 9.26. The topological polar surface area (TPSA) is 77.0 Å². The largest absolute Gasteiger partial charge is 0.464 e. The molecule has 1 aromatic carbocycles. The summed E-state index contributed by atoms with van der Waals surface area (Å²) in [5, 5.41) is 3.73. The van der Waals surface area contributed by atoms with Crippen molar-refractivity contribution in [3.63, 3.8) is 0 Å². The van der Waals surface area contributed by atoms with Crippen LogP contribution in [0.1, 0.15) is 12.5 Å². The fourth-order valence-electron chi connectivity index (χ4n) is 1.34. The normalized spacial score (nSPS) is 10.7. The lowest BCUT2D eigenvalue weighted by atomic mass is 10.1. The minimum absolute atomic E-state index is 0.0988. The molecule has 0 saturated carbocycles. The maximum Gasteiger partial charge on any atom is 0.427 e. The van der Waals surface area contributed by atoms with Gasteiger partial charge in [-0.1, -0.05) is 30.3 Å². The molecule has 0 aliphatic carbocycles. The monoisotopic (exact) mass is 264 g/mol. The Morgan fingerprint density at radius 2 is 1.95 bits per heavy atom. The molecular weight excluding hydrogens is 248 g/mol. The average Bonchev–Trinajstić information content (AvgIpc) is 2.44. The van der Waals surface area contributed by atoms with Crippen LogP contribution < -0.4 is 5.43 Å². The van der Waals surface area contributed by atoms with Crippen molar-refractivity contribution in [3.05, 3.63) is 35.9 Å². The van der Waals surface area contributed by atoms with Gasteiger partial charge >= 0.3 is 12.1 Å². The molecule has 0 atom stereocenters. The summed E-state index contributed by atoms with van der Waals surface area (Å²) >= 11 is 0. The Labute approximate surface area is 111 Å². The average molecular weight is 264 g/mol. The molecule has 0 bridgehead atoms. The number of amides is 1. The molecule has 1 amide bonds. The van der Waals surface area contributed by atoms with E-state index in [1.54, 1.807) is 6.92 Å². The molecule has 1 rings (SSSR count). The maximum atomic E-state index is 11.5. The van der Waals surface area contributed by atoms with Crippen molar-refractivity contribution in [2.45, 2.75) is 13.3 Å². The van der Waals surface area contributed by atoms with E-state index in [4.69, 9.17) is 0 Å². The van der Waals surface area contributed by atoms with Crippen molar-refractivity contribution in [2.75, 3.05) is 13.7 Å². The number of hydrazone groups is 1. The molecular formula is C13H16N2O4. The van der Waals surface area contributed by atoms with Crippen molar-refractivity contribution in [1.29, 1.82) is 0 Å². The Morgan fingerprint density at radius 1 is 1.26 bits per heavy atom. The quantitative estimate of drug-likeness (QED) is 0.496. The van der Waals surface area contributed by atoms with Crippen LogP contribution in [0.5, 0.6) is 0 Å². The lowest BCUT2D eigenvalue weighted by Gasteiger charge is -2.05. The number of carbonyl (C=O) groups excluding carboxylic acids is 2. The molecule has 0 aromatic heterocycles. The van der Waals surface area contributed by atoms with Crippen LogP contribution in [0.2, 0.25) is 0 Å². The van der Waals surface area contributed by atoms with E-state index in [9.17, 15) is 9.59 Å². The van der Waals surface area contributed by atoms with Gasteiger partial charge in [-0.25, -0.2) is 15.0 Å². The Bertz CT molecular complexity index is 457. The molecule has 1 N–H and O–H groups in total. The number of methoxy groups -OCH3 is 1. The van der Waals surface area contributed by atoms with Gasteiger partial charge in [0.2, 0.25) is 0 Å². The summed E-state index contributed by atoms with van der Waals surface area (Å²) in [7, 11) is 1.26. The molecule has 0 fully saturated rings. The smallest absolute Gasteiger partial charge is 0.427 e. The SMILES string of the molecule is CCOC(=O)N/N=C(/Cc1ccccc1)C(=O)OC. The first-order chi connectivity index (χ1) is 9.17. The predicted octanol–water partition coefficient (Wildman–Crippen LogP) is 1.50. The fraction of sp³-hybridized carbons (Fsp3) is 0.308. The van der Waals surface area contributed by atoms with Gasteiger partial charge < -0.3 is 9.47 Å². The minimum atomic E-state index is -0.711. The highest BCUT2D eigenvalue weighted by Crippen LogP contribution is 2.02. The number of carbonyl (C=O) groups is 2. The van der Waals surface area contributed by atoms with Crippen LogP contribution in [0.25, 0.3) is 0 Å². The highest BCUT2D eigenvalue weighted by Gasteiger charge is 2.13. The number of ether oxygens (including phenoxy) is 2. The van der Waals surface area contributed by atoms with E-state index in [2.05, 4.69) is 20.0 Å². The zero-order valence-electron chi connectivity index (χ0n) is 10.9. The predicted molar refractivity (Wildman–Crippen MR) is 69.8 cm³/mol. The first-order valence-electron chi connectivity index (χ1n) is 5.79. The number of rotatable bonds is 5. The van der Waals surface area contributed by atoms with E-state index < -0.39 is 12.1 Å². The molecule has 19 heavy (non-hydrogen) atoms. The lowest BCUT2D eigenvalue weighted by Crippen LogP contribution is -2.26. The van der Waals surface area contributed by atoms with Gasteiger partial charge in [0.1, 0.15) is 5.71 Å². The second-order valence-electron chi connectivity index (χ2n) is 3.54. The first kappa shape index (κ1) is 14.7. The van der Waals surface area contributed by atoms with Crippen molar-refractivity contribution in [1.82, 2.24) is 5.43 Å². The number of hydrogen-bond acceptors (Lipinski definition) is 5. The Morgan fingerprint density at radius 3 is 2.53 bits per heavy atom. The molecule has 0 aliphatic rings. The number of nitrogens with zero attached hydrogens (tertiary/aromatic N) is 1. The third-order valence-electron chi connectivity index (χ3n) is 2.19. The third-order valence-corrected chi connectivity index (χ3v) is 2.19. The molecule has 0 radical (unpaired) electrons. The van der Waals surface area contributed by atoms with Crippen LogP contribution >= 0.6 is 0 Å². The Balaban J connectivity index is 2.75. The maximum absolute atomic E-state index is 11.5. The number of hydrogen-bond donors (Lipinski definition) is 1. The highest BCUT2D eigenvalue weighted by molar-refractivity contribution is 6.36. The summed E-state index contributed by atoms with van der Waals surface area (Å²) in [6.07, 6.45) is -0.447. The van der Waals surface area contributed by atoms with E-state index >= 15 is 0 Å². The molecule has 1 aromatic rings. The van der Waals surface area contributed by atoms with Crippen LogP contribution in [0.15, 0.2) is 35.4 Å². The molecule has 0 aliphatic heterocycles. The van der Waals surface area contributed by atoms with E-state index in [1.807, 2.05) is 30.3 Å². The summed E-state index contributed by atoms with van der Waals surface area (Å²) in [5.74, 6) is -0.597. The van der Waals surface area contributed by atoms with Gasteiger partial charge in [0.25, 0.3) is 0 Å². The summed E-state index contributed by atoms with van der Waals surface area (Å²) in [6.45, 7) is 1.90. The third kappa shape index (κ3) is 5.20. The van der Waals surface area contributed by atoms with E-state index in [1.165, 1.54) is 7.11 Å². The molecule has 0 saturated heterocycles. The first-order valence-corrected chi connectivity index (χ1v) is 5.79. The number of nitrogens with one attached hydrogen (secondary N) is 1. The standard InChI is InChI=1S/C13H16N2O4/c1-3-19-13(17)15-14-11(12(16)18-2)9-10-7-5-4-6-8-10/h4-8H,3,9H2,1-2H3,(H,15,17)/b14-11-. The summed E-state index contributed by atoms with van der Waals surface area (Å²) in [5.41, 5.74) is 3.13. The van der Waals surface area contributed by atoms with Crippen LogP contribution in [-0.4, -0.2) is 31.5 Å². The Kier molecular flexibility index (Phi) is 6.08. The number of benzene rings is 1. The lowest BCUT2D eigenvalue weighted by molar-refractivity contribution is -0.132. The van der Waals surface area contributed by atoms with E-state index in [-0.39, 0.29) is 18.7 Å². The van der Waals surface area contributed by atoms with Crippen LogP contribution in [0, 0.1) is 0 Å². The zero-order valence-corrected chi connectivity index (χ0v) is 10.9. The van der Waals surface area contributed by atoms with Crippen molar-refractivity contribution in [2.24, 2.45) is 5.10 Å². The van der Waals surface area contributed by atoms with E-state index in [0.717, 1.165) is 5.56 Å². The Hall–Kier alpha value is -2.37. The highest BCUT2D eigenvalue weighted by atomic mass is 16.6. The van der Waals surface area contributed by atoms with Crippen molar-refractivity contribution >= 4 is 17.8 Å². The molecule has 0 spiro atoms. The van der Waals surface area contributed by atoms with Gasteiger partial charge in [0.05, 0.1) is 13.7 Å². The molecule has 0 heterocycles. The summed E-state index contributed by atoms with van der Waals surface area (Å²) in [6, 6.07) is 9.27. The van der Waals surface area contributed by atoms with Crippen LogP contribution in [-0.2, 0) is 20.7 Å². The van der Waals surface area contributed by atoms with Gasteiger partial charge in [-0.2, -0.15) is 5.10 Å². The van der Waals surface area contributed by atoms with Crippen molar-refractivity contribution in [3.8, 4) is 0 Å². The van der Waals surface area contributed by atoms with Gasteiger partial charge in [-0.05, 0) is 12.5 Å². The minimum Gasteiger partial charge on any atom is -0.464 e. The zero-order chi connectivity index (χ0) is 14.1. The van der Waals surface area contributed by atoms with Crippen LogP contribution in [0.3, 0.4) is 0 Å². The number of esters is 1. The molecule has 6 heteroatoms. The second-order valence-corrected chi connectivity index (χ2v) is 3.54. The van der Waals surface area contributed by atoms with E-state index in [0.29, 0.717) is 0 Å². The van der Waals surface area contributed by atoms with Gasteiger partial charge in [0, 0.05) is 6.42 Å². The van der Waals surface area contributed by atoms with Gasteiger partial charge in [-0.15, -0.1) is 0 Å². The second kappa shape index (κ2) is 7.86. The molecule has 102 valence electrons. The molecule has 0 unspecified atom stereocenters. The molecule has 6 nitrogen and oxygen atoms in total. The van der Waals surface area contributed by atoms with Gasteiger partial charge in [0.15, 0.2) is 0 Å². The summed E-state index contributed by atoms with van der Waals surface area (Å²) in [4.78, 5) is 22.7. The van der Waals surface area contributed by atoms with Gasteiger partial charge in [-0.3, -0.25) is 0 Å². The van der Waals surface area contributed by atoms with Crippen LogP contribution in [0.4, 0.5) is 4.79 Å². The van der Waals surface area contributed by atoms with Crippen molar-refractivity contribution < 1.29 is 19.1 Å².